The van der Waals surface area contributed by atoms with Crippen LogP contribution in [0.3, 0.4) is 0 Å². The van der Waals surface area contributed by atoms with E-state index >= 15 is 0 Å². The van der Waals surface area contributed by atoms with Crippen LogP contribution in [0.25, 0.3) is 0 Å². The molecule has 0 aromatic carbocycles. The summed E-state index contributed by atoms with van der Waals surface area (Å²) < 4.78 is 5.73. The summed E-state index contributed by atoms with van der Waals surface area (Å²) in [4.78, 5) is 7.01. The van der Waals surface area contributed by atoms with Gasteiger partial charge in [0.15, 0.2) is 0 Å². The van der Waals surface area contributed by atoms with Crippen molar-refractivity contribution in [3.8, 4) is 0 Å². The third kappa shape index (κ3) is 3.25. The largest absolute Gasteiger partial charge is 0.375 e. The van der Waals surface area contributed by atoms with Gasteiger partial charge in [-0.2, -0.15) is 0 Å². The molecule has 0 bridgehead atoms. The highest BCUT2D eigenvalue weighted by atomic mass is 16.5. The number of morpholine rings is 1. The topological polar surface area (TPSA) is 37.4 Å². The third-order valence-electron chi connectivity index (χ3n) is 3.94. The average molecular weight is 263 g/mol. The van der Waals surface area contributed by atoms with Gasteiger partial charge in [0, 0.05) is 18.8 Å². The van der Waals surface area contributed by atoms with Gasteiger partial charge in [-0.05, 0) is 38.9 Å². The first-order valence-electron chi connectivity index (χ1n) is 7.17. The van der Waals surface area contributed by atoms with E-state index in [-0.39, 0.29) is 6.10 Å². The van der Waals surface area contributed by atoms with Gasteiger partial charge >= 0.3 is 0 Å². The number of hydrogen-bond acceptors (Lipinski definition) is 4. The monoisotopic (exact) mass is 263 g/mol. The summed E-state index contributed by atoms with van der Waals surface area (Å²) in [6.07, 6.45) is 3.34. The van der Waals surface area contributed by atoms with Gasteiger partial charge in [0.1, 0.15) is 5.82 Å². The molecule has 4 heteroatoms. The van der Waals surface area contributed by atoms with E-state index in [1.807, 2.05) is 13.2 Å². The minimum atomic E-state index is 0.278. The van der Waals surface area contributed by atoms with Crippen molar-refractivity contribution in [1.29, 1.82) is 0 Å². The van der Waals surface area contributed by atoms with Gasteiger partial charge in [0.05, 0.1) is 18.8 Å². The van der Waals surface area contributed by atoms with E-state index in [0.717, 1.165) is 25.4 Å². The van der Waals surface area contributed by atoms with Crippen LogP contribution in [0.1, 0.15) is 38.8 Å². The lowest BCUT2D eigenvalue weighted by molar-refractivity contribution is 0.0296. The second-order valence-electron chi connectivity index (χ2n) is 5.32. The van der Waals surface area contributed by atoms with E-state index in [1.54, 1.807) is 0 Å². The summed E-state index contributed by atoms with van der Waals surface area (Å²) >= 11 is 0. The van der Waals surface area contributed by atoms with Crippen molar-refractivity contribution >= 4 is 5.82 Å². The average Bonchev–Trinajstić information content (AvgIpc) is 2.46. The predicted octanol–water partition coefficient (Wildman–Crippen LogP) is 2.37. The molecule has 1 N–H and O–H groups in total. The number of ether oxygens (including phenoxy) is 1. The molecule has 0 aliphatic carbocycles. The molecule has 3 atom stereocenters. The van der Waals surface area contributed by atoms with E-state index in [9.17, 15) is 0 Å². The van der Waals surface area contributed by atoms with Crippen molar-refractivity contribution < 1.29 is 4.74 Å². The van der Waals surface area contributed by atoms with Gasteiger partial charge in [0.2, 0.25) is 0 Å². The third-order valence-corrected chi connectivity index (χ3v) is 3.94. The first-order valence-corrected chi connectivity index (χ1v) is 7.17. The normalized spacial score (nSPS) is 25.4. The second kappa shape index (κ2) is 6.35. The Morgan fingerprint density at radius 2 is 2.32 bits per heavy atom. The van der Waals surface area contributed by atoms with Gasteiger partial charge < -0.3 is 15.0 Å². The molecule has 1 aromatic rings. The lowest BCUT2D eigenvalue weighted by Gasteiger charge is -2.39. The molecule has 0 saturated carbocycles. The Kier molecular flexibility index (Phi) is 4.77. The van der Waals surface area contributed by atoms with Crippen molar-refractivity contribution in [2.24, 2.45) is 0 Å². The highest BCUT2D eigenvalue weighted by Crippen LogP contribution is 2.22. The molecule has 1 aliphatic rings. The number of nitrogens with zero attached hydrogens (tertiary/aromatic N) is 2. The fourth-order valence-electron chi connectivity index (χ4n) is 2.45. The maximum Gasteiger partial charge on any atom is 0.128 e. The Balaban J connectivity index is 2.15. The van der Waals surface area contributed by atoms with E-state index in [0.29, 0.717) is 12.1 Å². The Bertz CT molecular complexity index is 393. The molecule has 2 rings (SSSR count). The van der Waals surface area contributed by atoms with Gasteiger partial charge in [-0.15, -0.1) is 0 Å². The molecule has 1 aliphatic heterocycles. The van der Waals surface area contributed by atoms with Crippen LogP contribution in [-0.4, -0.2) is 37.3 Å². The molecule has 0 spiro atoms. The van der Waals surface area contributed by atoms with Crippen LogP contribution in [0.4, 0.5) is 5.82 Å². The summed E-state index contributed by atoms with van der Waals surface area (Å²) in [6, 6.07) is 5.07. The summed E-state index contributed by atoms with van der Waals surface area (Å²) in [5, 5.41) is 3.23. The van der Waals surface area contributed by atoms with Crippen LogP contribution in [0.2, 0.25) is 0 Å². The van der Waals surface area contributed by atoms with Gasteiger partial charge in [-0.3, -0.25) is 0 Å². The first-order chi connectivity index (χ1) is 9.15. The molecule has 2 heterocycles. The standard InChI is InChI=1S/C15H25N3O/c1-5-14-10-19-11(2)9-18(14)15-7-6-13(8-17-15)12(3)16-4/h6-8,11-12,14,16H,5,9-10H2,1-4H3. The molecule has 1 fully saturated rings. The van der Waals surface area contributed by atoms with Crippen molar-refractivity contribution in [3.05, 3.63) is 23.9 Å². The van der Waals surface area contributed by atoms with E-state index < -0.39 is 0 Å². The molecule has 1 saturated heterocycles. The van der Waals surface area contributed by atoms with Crippen molar-refractivity contribution in [1.82, 2.24) is 10.3 Å². The highest BCUT2D eigenvalue weighted by molar-refractivity contribution is 5.41. The lowest BCUT2D eigenvalue weighted by Crippen LogP contribution is -2.49. The van der Waals surface area contributed by atoms with Crippen molar-refractivity contribution in [3.63, 3.8) is 0 Å². The molecular weight excluding hydrogens is 238 g/mol. The lowest BCUT2D eigenvalue weighted by atomic mass is 10.1. The summed E-state index contributed by atoms with van der Waals surface area (Å²) in [7, 11) is 1.97. The van der Waals surface area contributed by atoms with E-state index in [4.69, 9.17) is 4.74 Å². The smallest absolute Gasteiger partial charge is 0.128 e. The van der Waals surface area contributed by atoms with Crippen LogP contribution in [0.15, 0.2) is 18.3 Å². The Morgan fingerprint density at radius 3 is 2.89 bits per heavy atom. The highest BCUT2D eigenvalue weighted by Gasteiger charge is 2.26. The summed E-state index contributed by atoms with van der Waals surface area (Å²) in [6.45, 7) is 8.19. The van der Waals surface area contributed by atoms with Crippen LogP contribution in [0, 0.1) is 0 Å². The quantitative estimate of drug-likeness (QED) is 0.905. The summed E-state index contributed by atoms with van der Waals surface area (Å²) in [5.74, 6) is 1.06. The molecule has 4 nitrogen and oxygen atoms in total. The van der Waals surface area contributed by atoms with Gasteiger partial charge in [-0.1, -0.05) is 13.0 Å². The zero-order chi connectivity index (χ0) is 13.8. The van der Waals surface area contributed by atoms with Crippen LogP contribution in [-0.2, 0) is 4.74 Å². The molecule has 106 valence electrons. The fraction of sp³-hybridized carbons (Fsp3) is 0.667. The van der Waals surface area contributed by atoms with Crippen LogP contribution in [0.5, 0.6) is 0 Å². The fourth-order valence-corrected chi connectivity index (χ4v) is 2.45. The molecule has 0 amide bonds. The number of pyridine rings is 1. The van der Waals surface area contributed by atoms with Crippen LogP contribution < -0.4 is 10.2 Å². The van der Waals surface area contributed by atoms with Crippen molar-refractivity contribution in [2.75, 3.05) is 25.1 Å². The zero-order valence-electron chi connectivity index (χ0n) is 12.4. The number of aromatic nitrogens is 1. The number of nitrogens with one attached hydrogen (secondary N) is 1. The van der Waals surface area contributed by atoms with Crippen LogP contribution >= 0.6 is 0 Å². The minimum Gasteiger partial charge on any atom is -0.375 e. The predicted molar refractivity (Wildman–Crippen MR) is 78.6 cm³/mol. The zero-order valence-corrected chi connectivity index (χ0v) is 12.4. The molecule has 19 heavy (non-hydrogen) atoms. The van der Waals surface area contributed by atoms with Gasteiger partial charge in [-0.25, -0.2) is 4.98 Å². The second-order valence-corrected chi connectivity index (χ2v) is 5.32. The number of rotatable bonds is 4. The molecule has 0 radical (unpaired) electrons. The SMILES string of the molecule is CCC1COC(C)CN1c1ccc(C(C)NC)cn1. The van der Waals surface area contributed by atoms with Crippen molar-refractivity contribution in [2.45, 2.75) is 45.4 Å². The Hall–Kier alpha value is -1.13. The van der Waals surface area contributed by atoms with Gasteiger partial charge in [0.25, 0.3) is 0 Å². The Morgan fingerprint density at radius 1 is 1.53 bits per heavy atom. The Labute approximate surface area is 116 Å². The maximum atomic E-state index is 5.73. The summed E-state index contributed by atoms with van der Waals surface area (Å²) in [5.41, 5.74) is 1.22. The molecule has 1 aromatic heterocycles. The minimum absolute atomic E-state index is 0.278. The number of anilines is 1. The van der Waals surface area contributed by atoms with E-state index in [2.05, 4.69) is 48.1 Å². The first kappa shape index (κ1) is 14.3. The number of hydrogen-bond donors (Lipinski definition) is 1. The maximum absolute atomic E-state index is 5.73. The molecule has 3 unspecified atom stereocenters. The molecular formula is C15H25N3O. The van der Waals surface area contributed by atoms with E-state index in [1.165, 1.54) is 5.56 Å².